The quantitative estimate of drug-likeness (QED) is 0.365. The van der Waals surface area contributed by atoms with Crippen LogP contribution in [0, 0.1) is 0 Å². The van der Waals surface area contributed by atoms with Gasteiger partial charge in [0.2, 0.25) is 0 Å². The molecule has 18 heavy (non-hydrogen) atoms. The summed E-state index contributed by atoms with van der Waals surface area (Å²) in [6.45, 7) is 6.41. The second kappa shape index (κ2) is 11.1. The van der Waals surface area contributed by atoms with Crippen LogP contribution in [-0.2, 0) is 9.53 Å². The molecule has 0 amide bonds. The summed E-state index contributed by atoms with van der Waals surface area (Å²) in [7, 11) is 0. The fourth-order valence-corrected chi connectivity index (χ4v) is 1.91. The molecule has 0 radical (unpaired) electrons. The standard InChI is InChI=1S/C15H29NO2/c1-4-7-8-9-10-11-12-13(14(16)5-2)15(17)18-6-3/h4-12,16H2,1-3H3. The summed E-state index contributed by atoms with van der Waals surface area (Å²) in [4.78, 5) is 11.7. The van der Waals surface area contributed by atoms with Crippen LogP contribution in [0.1, 0.15) is 72.1 Å². The summed E-state index contributed by atoms with van der Waals surface area (Å²) >= 11 is 0. The number of esters is 1. The molecule has 0 aliphatic rings. The molecule has 0 spiro atoms. The maximum absolute atomic E-state index is 11.7. The number of ether oxygens (including phenoxy) is 1. The van der Waals surface area contributed by atoms with Crippen LogP contribution >= 0.6 is 0 Å². The van der Waals surface area contributed by atoms with Gasteiger partial charge in [-0.2, -0.15) is 0 Å². The molecule has 0 unspecified atom stereocenters. The third-order valence-electron chi connectivity index (χ3n) is 3.07. The second-order valence-electron chi connectivity index (χ2n) is 4.60. The topological polar surface area (TPSA) is 52.3 Å². The van der Waals surface area contributed by atoms with E-state index >= 15 is 0 Å². The average Bonchev–Trinajstić information content (AvgIpc) is 2.37. The minimum absolute atomic E-state index is 0.231. The predicted molar refractivity (Wildman–Crippen MR) is 76.1 cm³/mol. The highest BCUT2D eigenvalue weighted by Crippen LogP contribution is 2.16. The van der Waals surface area contributed by atoms with Gasteiger partial charge >= 0.3 is 5.97 Å². The Morgan fingerprint density at radius 3 is 2.17 bits per heavy atom. The summed E-state index contributed by atoms with van der Waals surface area (Å²) in [5, 5.41) is 0. The van der Waals surface area contributed by atoms with Crippen molar-refractivity contribution in [2.45, 2.75) is 72.1 Å². The van der Waals surface area contributed by atoms with E-state index < -0.39 is 0 Å². The van der Waals surface area contributed by atoms with E-state index in [-0.39, 0.29) is 5.97 Å². The summed E-state index contributed by atoms with van der Waals surface area (Å²) in [5.41, 5.74) is 7.26. The van der Waals surface area contributed by atoms with E-state index in [9.17, 15) is 4.79 Å². The Kier molecular flexibility index (Phi) is 10.5. The van der Waals surface area contributed by atoms with Crippen LogP contribution in [0.15, 0.2) is 11.3 Å². The van der Waals surface area contributed by atoms with Crippen LogP contribution in [0.25, 0.3) is 0 Å². The lowest BCUT2D eigenvalue weighted by molar-refractivity contribution is -0.138. The number of allylic oxidation sites excluding steroid dienone is 1. The van der Waals surface area contributed by atoms with Gasteiger partial charge in [-0.3, -0.25) is 0 Å². The predicted octanol–water partition coefficient (Wildman–Crippen LogP) is 3.92. The molecule has 0 fully saturated rings. The summed E-state index contributed by atoms with van der Waals surface area (Å²) in [6.07, 6.45) is 8.76. The zero-order valence-corrected chi connectivity index (χ0v) is 12.3. The van der Waals surface area contributed by atoms with Gasteiger partial charge < -0.3 is 10.5 Å². The molecule has 0 saturated carbocycles. The van der Waals surface area contributed by atoms with E-state index in [1.54, 1.807) is 0 Å². The Balaban J connectivity index is 4.08. The van der Waals surface area contributed by atoms with Crippen molar-refractivity contribution in [3.63, 3.8) is 0 Å². The number of rotatable bonds is 10. The van der Waals surface area contributed by atoms with Gasteiger partial charge in [-0.15, -0.1) is 0 Å². The molecular weight excluding hydrogens is 226 g/mol. The van der Waals surface area contributed by atoms with Gasteiger partial charge in [0.15, 0.2) is 0 Å². The van der Waals surface area contributed by atoms with E-state index in [1.165, 1.54) is 32.1 Å². The highest BCUT2D eigenvalue weighted by atomic mass is 16.5. The van der Waals surface area contributed by atoms with Gasteiger partial charge in [0, 0.05) is 5.70 Å². The Morgan fingerprint density at radius 1 is 1.00 bits per heavy atom. The van der Waals surface area contributed by atoms with Crippen LogP contribution in [-0.4, -0.2) is 12.6 Å². The van der Waals surface area contributed by atoms with Crippen LogP contribution < -0.4 is 5.73 Å². The molecule has 106 valence electrons. The molecule has 0 aromatic heterocycles. The van der Waals surface area contributed by atoms with E-state index in [4.69, 9.17) is 10.5 Å². The van der Waals surface area contributed by atoms with Crippen molar-refractivity contribution < 1.29 is 9.53 Å². The van der Waals surface area contributed by atoms with Crippen molar-refractivity contribution in [2.24, 2.45) is 5.73 Å². The lowest BCUT2D eigenvalue weighted by Gasteiger charge is -2.10. The van der Waals surface area contributed by atoms with Crippen molar-refractivity contribution in [1.29, 1.82) is 0 Å². The molecular formula is C15H29NO2. The van der Waals surface area contributed by atoms with Gasteiger partial charge in [0.05, 0.1) is 12.2 Å². The van der Waals surface area contributed by atoms with Gasteiger partial charge in [0.1, 0.15) is 0 Å². The number of carbonyl (C=O) groups is 1. The molecule has 2 N–H and O–H groups in total. The Hall–Kier alpha value is -0.990. The van der Waals surface area contributed by atoms with Crippen LogP contribution in [0.3, 0.4) is 0 Å². The van der Waals surface area contributed by atoms with Crippen LogP contribution in [0.4, 0.5) is 0 Å². The third-order valence-corrected chi connectivity index (χ3v) is 3.07. The molecule has 0 aliphatic heterocycles. The SMILES string of the molecule is CCCCCCCCC(C(=O)OCC)=C(N)CC. The monoisotopic (exact) mass is 255 g/mol. The largest absolute Gasteiger partial charge is 0.463 e. The van der Waals surface area contributed by atoms with Crippen LogP contribution in [0.2, 0.25) is 0 Å². The summed E-state index contributed by atoms with van der Waals surface area (Å²) < 4.78 is 5.05. The molecule has 0 atom stereocenters. The first kappa shape index (κ1) is 17.0. The normalized spacial score (nSPS) is 12.2. The highest BCUT2D eigenvalue weighted by molar-refractivity contribution is 5.89. The van der Waals surface area contributed by atoms with Gasteiger partial charge in [-0.05, 0) is 26.2 Å². The average molecular weight is 255 g/mol. The van der Waals surface area contributed by atoms with Crippen molar-refractivity contribution in [1.82, 2.24) is 0 Å². The van der Waals surface area contributed by atoms with Crippen molar-refractivity contribution >= 4 is 5.97 Å². The Labute approximate surface area is 112 Å². The lowest BCUT2D eigenvalue weighted by Crippen LogP contribution is -2.14. The van der Waals surface area contributed by atoms with E-state index in [0.29, 0.717) is 24.3 Å². The van der Waals surface area contributed by atoms with Crippen molar-refractivity contribution in [2.75, 3.05) is 6.61 Å². The van der Waals surface area contributed by atoms with Crippen molar-refractivity contribution in [3.8, 4) is 0 Å². The summed E-state index contributed by atoms with van der Waals surface area (Å²) in [6, 6.07) is 0. The third kappa shape index (κ3) is 7.36. The minimum Gasteiger partial charge on any atom is -0.463 e. The minimum atomic E-state index is -0.231. The Morgan fingerprint density at radius 2 is 1.61 bits per heavy atom. The molecule has 0 aromatic carbocycles. The van der Waals surface area contributed by atoms with E-state index in [1.807, 2.05) is 13.8 Å². The number of hydrogen-bond donors (Lipinski definition) is 1. The molecule has 3 heteroatoms. The number of nitrogens with two attached hydrogens (primary N) is 1. The first-order valence-electron chi connectivity index (χ1n) is 7.31. The number of hydrogen-bond acceptors (Lipinski definition) is 3. The zero-order valence-electron chi connectivity index (χ0n) is 12.3. The van der Waals surface area contributed by atoms with E-state index in [0.717, 1.165) is 12.8 Å². The fourth-order valence-electron chi connectivity index (χ4n) is 1.91. The molecule has 0 heterocycles. The molecule has 0 saturated heterocycles. The van der Waals surface area contributed by atoms with Gasteiger partial charge in [-0.1, -0.05) is 46.0 Å². The maximum atomic E-state index is 11.7. The van der Waals surface area contributed by atoms with E-state index in [2.05, 4.69) is 6.92 Å². The first-order chi connectivity index (χ1) is 8.67. The number of unbranched alkanes of at least 4 members (excludes halogenated alkanes) is 5. The molecule has 0 aliphatic carbocycles. The summed E-state index contributed by atoms with van der Waals surface area (Å²) in [5.74, 6) is -0.231. The van der Waals surface area contributed by atoms with Gasteiger partial charge in [0.25, 0.3) is 0 Å². The molecule has 3 nitrogen and oxygen atoms in total. The molecule has 0 bridgehead atoms. The fraction of sp³-hybridized carbons (Fsp3) is 0.800. The zero-order chi connectivity index (χ0) is 13.8. The second-order valence-corrected chi connectivity index (χ2v) is 4.60. The first-order valence-corrected chi connectivity index (χ1v) is 7.31. The van der Waals surface area contributed by atoms with Crippen LogP contribution in [0.5, 0.6) is 0 Å². The maximum Gasteiger partial charge on any atom is 0.335 e. The van der Waals surface area contributed by atoms with Crippen molar-refractivity contribution in [3.05, 3.63) is 11.3 Å². The molecule has 0 aromatic rings. The van der Waals surface area contributed by atoms with Gasteiger partial charge in [-0.25, -0.2) is 4.79 Å². The number of carbonyl (C=O) groups excluding carboxylic acids is 1. The molecule has 0 rings (SSSR count). The highest BCUT2D eigenvalue weighted by Gasteiger charge is 2.13. The Bertz CT molecular complexity index is 259. The lowest BCUT2D eigenvalue weighted by atomic mass is 10.0. The smallest absolute Gasteiger partial charge is 0.335 e.